The van der Waals surface area contributed by atoms with Gasteiger partial charge in [-0.1, -0.05) is 26.7 Å². The van der Waals surface area contributed by atoms with Crippen LogP contribution in [0.1, 0.15) is 39.5 Å². The Labute approximate surface area is 79.9 Å². The minimum absolute atomic E-state index is 0.165. The van der Waals surface area contributed by atoms with Gasteiger partial charge in [0, 0.05) is 5.92 Å². The molecule has 0 spiro atoms. The van der Waals surface area contributed by atoms with Crippen LogP contribution in [0.25, 0.3) is 0 Å². The number of carbonyl (C=O) groups excluding carboxylic acids is 1. The molecule has 0 aromatic carbocycles. The fraction of sp³-hybridized carbons (Fsp3) is 0.818. The van der Waals surface area contributed by atoms with Gasteiger partial charge in [0.25, 0.3) is 0 Å². The zero-order valence-corrected chi connectivity index (χ0v) is 8.42. The van der Waals surface area contributed by atoms with Crippen molar-refractivity contribution in [1.82, 2.24) is 0 Å². The topological polar surface area (TPSA) is 40.9 Å². The van der Waals surface area contributed by atoms with Crippen molar-refractivity contribution in [2.24, 2.45) is 17.8 Å². The molecule has 0 amide bonds. The van der Waals surface area contributed by atoms with Crippen molar-refractivity contribution in [2.45, 2.75) is 39.5 Å². The highest BCUT2D eigenvalue weighted by molar-refractivity contribution is 5.86. The van der Waals surface area contributed by atoms with Gasteiger partial charge < -0.3 is 0 Å². The predicted molar refractivity (Wildman–Crippen MR) is 50.9 cm³/mol. The second-order valence-corrected chi connectivity index (χ2v) is 4.23. The molecule has 0 saturated heterocycles. The molecule has 0 heterocycles. The van der Waals surface area contributed by atoms with Crippen LogP contribution in [0, 0.1) is 29.1 Å². The van der Waals surface area contributed by atoms with Gasteiger partial charge in [-0.15, -0.1) is 0 Å². The molecule has 1 aliphatic rings. The van der Waals surface area contributed by atoms with Gasteiger partial charge in [0.15, 0.2) is 5.78 Å². The summed E-state index contributed by atoms with van der Waals surface area (Å²) in [5, 5.41) is 8.86. The van der Waals surface area contributed by atoms with Crippen LogP contribution >= 0.6 is 0 Å². The molecule has 0 aromatic rings. The van der Waals surface area contributed by atoms with E-state index in [1.165, 1.54) is 0 Å². The van der Waals surface area contributed by atoms with Crippen molar-refractivity contribution in [2.75, 3.05) is 0 Å². The predicted octanol–water partition coefficient (Wildman–Crippen LogP) is 2.54. The fourth-order valence-corrected chi connectivity index (χ4v) is 2.01. The molecule has 13 heavy (non-hydrogen) atoms. The monoisotopic (exact) mass is 179 g/mol. The summed E-state index contributed by atoms with van der Waals surface area (Å²) in [6.45, 7) is 3.89. The number of hydrogen-bond donors (Lipinski definition) is 0. The zero-order valence-electron chi connectivity index (χ0n) is 8.42. The van der Waals surface area contributed by atoms with Crippen LogP contribution < -0.4 is 0 Å². The molecule has 1 fully saturated rings. The number of nitrogens with zero attached hydrogens (tertiary/aromatic N) is 1. The number of Topliss-reactive ketones (excluding diaryl/α,β-unsaturated/α-hetero) is 1. The molecule has 0 aliphatic heterocycles. The summed E-state index contributed by atoms with van der Waals surface area (Å²) < 4.78 is 0. The van der Waals surface area contributed by atoms with Gasteiger partial charge in [0.1, 0.15) is 5.92 Å². The van der Waals surface area contributed by atoms with Crippen LogP contribution in [0.15, 0.2) is 0 Å². The largest absolute Gasteiger partial charge is 0.298 e. The smallest absolute Gasteiger partial charge is 0.153 e. The summed E-state index contributed by atoms with van der Waals surface area (Å²) in [5.41, 5.74) is 0. The third-order valence-corrected chi connectivity index (χ3v) is 2.87. The van der Waals surface area contributed by atoms with E-state index in [1.807, 2.05) is 13.8 Å². The quantitative estimate of drug-likeness (QED) is 0.668. The lowest BCUT2D eigenvalue weighted by atomic mass is 9.85. The first-order valence-corrected chi connectivity index (χ1v) is 5.10. The van der Waals surface area contributed by atoms with E-state index in [0.29, 0.717) is 0 Å². The van der Waals surface area contributed by atoms with Gasteiger partial charge in [0.2, 0.25) is 0 Å². The van der Waals surface area contributed by atoms with Gasteiger partial charge in [-0.3, -0.25) is 4.79 Å². The Morgan fingerprint density at radius 1 is 1.38 bits per heavy atom. The summed E-state index contributed by atoms with van der Waals surface area (Å²) in [6.07, 6.45) is 4.33. The van der Waals surface area contributed by atoms with Crippen LogP contribution in [0.4, 0.5) is 0 Å². The highest BCUT2D eigenvalue weighted by atomic mass is 16.1. The highest BCUT2D eigenvalue weighted by Crippen LogP contribution is 2.29. The SMILES string of the molecule is CC(C)C(C#N)C(=O)C1CCCC1. The number of hydrogen-bond acceptors (Lipinski definition) is 2. The Kier molecular flexibility index (Phi) is 3.48. The molecule has 1 rings (SSSR count). The molecule has 1 aliphatic carbocycles. The first-order valence-electron chi connectivity index (χ1n) is 5.10. The third kappa shape index (κ3) is 2.30. The highest BCUT2D eigenvalue weighted by Gasteiger charge is 2.30. The zero-order chi connectivity index (χ0) is 9.84. The number of rotatable bonds is 3. The second-order valence-electron chi connectivity index (χ2n) is 4.23. The molecule has 0 N–H and O–H groups in total. The van der Waals surface area contributed by atoms with Crippen molar-refractivity contribution in [3.05, 3.63) is 0 Å². The van der Waals surface area contributed by atoms with E-state index in [1.54, 1.807) is 0 Å². The molecule has 2 heteroatoms. The number of carbonyl (C=O) groups is 1. The Bertz CT molecular complexity index is 221. The van der Waals surface area contributed by atoms with E-state index in [-0.39, 0.29) is 23.5 Å². The second kappa shape index (κ2) is 4.41. The van der Waals surface area contributed by atoms with Crippen molar-refractivity contribution >= 4 is 5.78 Å². The van der Waals surface area contributed by atoms with Gasteiger partial charge >= 0.3 is 0 Å². The van der Waals surface area contributed by atoms with Gasteiger partial charge in [-0.05, 0) is 18.8 Å². The van der Waals surface area contributed by atoms with E-state index >= 15 is 0 Å². The van der Waals surface area contributed by atoms with Crippen molar-refractivity contribution in [3.63, 3.8) is 0 Å². The molecule has 0 aromatic heterocycles. The summed E-state index contributed by atoms with van der Waals surface area (Å²) in [5.74, 6) is 0.170. The van der Waals surface area contributed by atoms with E-state index in [0.717, 1.165) is 25.7 Å². The third-order valence-electron chi connectivity index (χ3n) is 2.87. The Morgan fingerprint density at radius 3 is 2.31 bits per heavy atom. The van der Waals surface area contributed by atoms with Crippen LogP contribution in [-0.4, -0.2) is 5.78 Å². The van der Waals surface area contributed by atoms with Gasteiger partial charge in [0.05, 0.1) is 6.07 Å². The van der Waals surface area contributed by atoms with Gasteiger partial charge in [-0.25, -0.2) is 0 Å². The molecule has 0 bridgehead atoms. The molecule has 1 saturated carbocycles. The first kappa shape index (κ1) is 10.2. The molecule has 0 radical (unpaired) electrons. The molecular formula is C11H17NO. The van der Waals surface area contributed by atoms with Crippen LogP contribution in [0.2, 0.25) is 0 Å². The summed E-state index contributed by atoms with van der Waals surface area (Å²) in [6, 6.07) is 2.13. The maximum atomic E-state index is 11.8. The maximum Gasteiger partial charge on any atom is 0.153 e. The van der Waals surface area contributed by atoms with Crippen molar-refractivity contribution in [1.29, 1.82) is 5.26 Å². The van der Waals surface area contributed by atoms with Crippen LogP contribution in [-0.2, 0) is 4.79 Å². The Hall–Kier alpha value is -0.840. The van der Waals surface area contributed by atoms with E-state index < -0.39 is 0 Å². The molecule has 2 nitrogen and oxygen atoms in total. The number of ketones is 1. The van der Waals surface area contributed by atoms with E-state index in [2.05, 4.69) is 6.07 Å². The first-order chi connectivity index (χ1) is 6.16. The average Bonchev–Trinajstić information content (AvgIpc) is 2.56. The minimum atomic E-state index is -0.372. The maximum absolute atomic E-state index is 11.8. The normalized spacial score (nSPS) is 20.2. The lowest BCUT2D eigenvalue weighted by Gasteiger charge is -2.15. The lowest BCUT2D eigenvalue weighted by molar-refractivity contribution is -0.126. The van der Waals surface area contributed by atoms with Crippen LogP contribution in [0.5, 0.6) is 0 Å². The Morgan fingerprint density at radius 2 is 1.92 bits per heavy atom. The summed E-state index contributed by atoms with van der Waals surface area (Å²) >= 11 is 0. The Balaban J connectivity index is 2.59. The van der Waals surface area contributed by atoms with E-state index in [9.17, 15) is 4.79 Å². The van der Waals surface area contributed by atoms with Gasteiger partial charge in [-0.2, -0.15) is 5.26 Å². The lowest BCUT2D eigenvalue weighted by Crippen LogP contribution is -2.24. The van der Waals surface area contributed by atoms with Crippen LogP contribution in [0.3, 0.4) is 0 Å². The summed E-state index contributed by atoms with van der Waals surface area (Å²) in [4.78, 5) is 11.8. The summed E-state index contributed by atoms with van der Waals surface area (Å²) in [7, 11) is 0. The average molecular weight is 179 g/mol. The molecular weight excluding hydrogens is 162 g/mol. The minimum Gasteiger partial charge on any atom is -0.298 e. The fourth-order valence-electron chi connectivity index (χ4n) is 2.01. The standard InChI is InChI=1S/C11H17NO/c1-8(2)10(7-12)11(13)9-5-3-4-6-9/h8-10H,3-6H2,1-2H3. The molecule has 72 valence electrons. The van der Waals surface area contributed by atoms with Crippen molar-refractivity contribution < 1.29 is 4.79 Å². The number of nitriles is 1. The molecule has 1 unspecified atom stereocenters. The molecule has 1 atom stereocenters. The van der Waals surface area contributed by atoms with E-state index in [4.69, 9.17) is 5.26 Å². The van der Waals surface area contributed by atoms with Crippen molar-refractivity contribution in [3.8, 4) is 6.07 Å².